The molecule has 3 aliphatic rings. The number of hydrogen-bond acceptors (Lipinski definition) is 3. The van der Waals surface area contributed by atoms with E-state index in [2.05, 4.69) is 28.4 Å². The van der Waals surface area contributed by atoms with Crippen molar-refractivity contribution < 1.29 is 9.53 Å². The Labute approximate surface area is 163 Å². The van der Waals surface area contributed by atoms with Crippen molar-refractivity contribution in [2.24, 2.45) is 11.3 Å². The molecule has 26 heavy (non-hydrogen) atoms. The van der Waals surface area contributed by atoms with E-state index in [0.29, 0.717) is 17.7 Å². The first-order valence-electron chi connectivity index (χ1n) is 9.87. The molecule has 144 valence electrons. The van der Waals surface area contributed by atoms with Crippen LogP contribution in [0.5, 0.6) is 5.75 Å². The van der Waals surface area contributed by atoms with Crippen molar-refractivity contribution in [1.29, 1.82) is 0 Å². The minimum absolute atomic E-state index is 0. The van der Waals surface area contributed by atoms with E-state index in [1.807, 2.05) is 6.07 Å². The van der Waals surface area contributed by atoms with E-state index >= 15 is 0 Å². The second kappa shape index (κ2) is 8.18. The van der Waals surface area contributed by atoms with Gasteiger partial charge in [-0.2, -0.15) is 0 Å². The van der Waals surface area contributed by atoms with E-state index in [1.54, 1.807) is 7.11 Å². The molecule has 2 aliphatic heterocycles. The van der Waals surface area contributed by atoms with Crippen molar-refractivity contribution in [3.8, 4) is 5.75 Å². The number of piperidine rings is 1. The predicted octanol–water partition coefficient (Wildman–Crippen LogP) is 3.60. The molecule has 1 aromatic carbocycles. The molecule has 3 fully saturated rings. The number of benzene rings is 1. The Hall–Kier alpha value is -1.26. The van der Waals surface area contributed by atoms with Crippen LogP contribution in [0, 0.1) is 11.3 Å². The SMILES string of the molecule is COc1cccc(C2CCN(C(=O)[C@@]34CCCC[C@H]3CNC4)CC2)c1.Cl. The number of likely N-dealkylation sites (tertiary alicyclic amines) is 1. The fourth-order valence-corrected chi connectivity index (χ4v) is 5.29. The summed E-state index contributed by atoms with van der Waals surface area (Å²) in [6.07, 6.45) is 6.93. The summed E-state index contributed by atoms with van der Waals surface area (Å²) in [5, 5.41) is 3.51. The summed E-state index contributed by atoms with van der Waals surface area (Å²) >= 11 is 0. The summed E-state index contributed by atoms with van der Waals surface area (Å²) in [6, 6.07) is 8.42. The molecule has 1 aliphatic carbocycles. The highest BCUT2D eigenvalue weighted by Crippen LogP contribution is 2.45. The summed E-state index contributed by atoms with van der Waals surface area (Å²) < 4.78 is 5.36. The summed E-state index contributed by atoms with van der Waals surface area (Å²) in [4.78, 5) is 15.5. The number of amides is 1. The van der Waals surface area contributed by atoms with Gasteiger partial charge in [0.2, 0.25) is 5.91 Å². The molecule has 2 saturated heterocycles. The van der Waals surface area contributed by atoms with Gasteiger partial charge in [0.25, 0.3) is 0 Å². The number of fused-ring (bicyclic) bond motifs is 1. The Kier molecular flexibility index (Phi) is 6.13. The monoisotopic (exact) mass is 378 g/mol. The molecule has 0 bridgehead atoms. The highest BCUT2D eigenvalue weighted by molar-refractivity contribution is 5.85. The van der Waals surface area contributed by atoms with Crippen molar-refractivity contribution >= 4 is 18.3 Å². The highest BCUT2D eigenvalue weighted by atomic mass is 35.5. The lowest BCUT2D eigenvalue weighted by molar-refractivity contribution is -0.146. The smallest absolute Gasteiger partial charge is 0.230 e. The van der Waals surface area contributed by atoms with E-state index in [-0.39, 0.29) is 17.8 Å². The molecule has 0 aromatic heterocycles. The first-order chi connectivity index (χ1) is 12.2. The lowest BCUT2D eigenvalue weighted by atomic mass is 9.67. The third-order valence-corrected chi connectivity index (χ3v) is 6.81. The minimum atomic E-state index is -0.0962. The molecule has 4 nitrogen and oxygen atoms in total. The van der Waals surface area contributed by atoms with Gasteiger partial charge in [0, 0.05) is 19.6 Å². The van der Waals surface area contributed by atoms with Crippen LogP contribution in [0.15, 0.2) is 24.3 Å². The summed E-state index contributed by atoms with van der Waals surface area (Å²) in [7, 11) is 1.72. The number of halogens is 1. The number of rotatable bonds is 3. The normalized spacial score (nSPS) is 29.0. The van der Waals surface area contributed by atoms with E-state index in [9.17, 15) is 4.79 Å². The zero-order valence-corrected chi connectivity index (χ0v) is 16.5. The lowest BCUT2D eigenvalue weighted by Crippen LogP contribution is -2.51. The van der Waals surface area contributed by atoms with Crippen molar-refractivity contribution in [3.63, 3.8) is 0 Å². The Balaban J connectivity index is 0.00000196. The molecule has 1 amide bonds. The molecular formula is C21H31ClN2O2. The quantitative estimate of drug-likeness (QED) is 0.873. The van der Waals surface area contributed by atoms with Crippen LogP contribution in [-0.4, -0.2) is 44.1 Å². The van der Waals surface area contributed by atoms with Gasteiger partial charge in [0.15, 0.2) is 0 Å². The van der Waals surface area contributed by atoms with Gasteiger partial charge in [-0.1, -0.05) is 25.0 Å². The van der Waals surface area contributed by atoms with Crippen LogP contribution in [0.4, 0.5) is 0 Å². The van der Waals surface area contributed by atoms with Gasteiger partial charge in [-0.15, -0.1) is 12.4 Å². The number of nitrogens with zero attached hydrogens (tertiary/aromatic N) is 1. The fraction of sp³-hybridized carbons (Fsp3) is 0.667. The van der Waals surface area contributed by atoms with Crippen LogP contribution in [0.25, 0.3) is 0 Å². The number of ether oxygens (including phenoxy) is 1. The molecule has 2 atom stereocenters. The molecule has 1 N–H and O–H groups in total. The molecule has 4 rings (SSSR count). The summed E-state index contributed by atoms with van der Waals surface area (Å²) in [6.45, 7) is 3.72. The molecule has 1 aromatic rings. The van der Waals surface area contributed by atoms with Gasteiger partial charge in [-0.05, 0) is 61.8 Å². The number of hydrogen-bond donors (Lipinski definition) is 1. The van der Waals surface area contributed by atoms with Crippen LogP contribution in [0.1, 0.15) is 50.0 Å². The fourth-order valence-electron chi connectivity index (χ4n) is 5.29. The Morgan fingerprint density at radius 1 is 1.23 bits per heavy atom. The number of methoxy groups -OCH3 is 1. The maximum absolute atomic E-state index is 13.4. The molecule has 0 spiro atoms. The van der Waals surface area contributed by atoms with Gasteiger partial charge in [-0.25, -0.2) is 0 Å². The molecular weight excluding hydrogens is 348 g/mol. The average Bonchev–Trinajstić information content (AvgIpc) is 3.13. The van der Waals surface area contributed by atoms with Crippen molar-refractivity contribution in [1.82, 2.24) is 10.2 Å². The Morgan fingerprint density at radius 2 is 2.04 bits per heavy atom. The standard InChI is InChI=1S/C21H30N2O2.ClH/c1-25-19-7-4-5-17(13-19)16-8-11-23(12-9-16)20(24)21-10-3-2-6-18(21)14-22-15-21;/h4-5,7,13,16,18,22H,2-3,6,8-12,14-15H2,1H3;1H/t18-,21+;/m0./s1. The van der Waals surface area contributed by atoms with Crippen LogP contribution in [0.2, 0.25) is 0 Å². The van der Waals surface area contributed by atoms with E-state index in [4.69, 9.17) is 4.74 Å². The van der Waals surface area contributed by atoms with Gasteiger partial charge in [-0.3, -0.25) is 4.79 Å². The third kappa shape index (κ3) is 3.46. The van der Waals surface area contributed by atoms with E-state index < -0.39 is 0 Å². The molecule has 2 heterocycles. The lowest BCUT2D eigenvalue weighted by Gasteiger charge is -2.43. The van der Waals surface area contributed by atoms with Gasteiger partial charge in [0.1, 0.15) is 5.75 Å². The number of nitrogens with one attached hydrogen (secondary N) is 1. The van der Waals surface area contributed by atoms with Crippen LogP contribution < -0.4 is 10.1 Å². The zero-order chi connectivity index (χ0) is 17.3. The first kappa shape index (κ1) is 19.5. The zero-order valence-electron chi connectivity index (χ0n) is 15.7. The van der Waals surface area contributed by atoms with Crippen molar-refractivity contribution in [2.75, 3.05) is 33.3 Å². The van der Waals surface area contributed by atoms with Gasteiger partial charge >= 0.3 is 0 Å². The molecule has 1 saturated carbocycles. The number of carbonyl (C=O) groups excluding carboxylic acids is 1. The highest BCUT2D eigenvalue weighted by Gasteiger charge is 2.51. The Bertz CT molecular complexity index is 630. The number of carbonyl (C=O) groups is 1. The van der Waals surface area contributed by atoms with Crippen LogP contribution in [0.3, 0.4) is 0 Å². The minimum Gasteiger partial charge on any atom is -0.497 e. The van der Waals surface area contributed by atoms with Crippen molar-refractivity contribution in [2.45, 2.75) is 44.4 Å². The molecule has 0 unspecified atom stereocenters. The Morgan fingerprint density at radius 3 is 2.81 bits per heavy atom. The maximum atomic E-state index is 13.4. The molecule has 5 heteroatoms. The average molecular weight is 379 g/mol. The summed E-state index contributed by atoms with van der Waals surface area (Å²) in [5.74, 6) is 2.47. The topological polar surface area (TPSA) is 41.6 Å². The first-order valence-corrected chi connectivity index (χ1v) is 9.87. The van der Waals surface area contributed by atoms with E-state index in [0.717, 1.165) is 51.2 Å². The molecule has 0 radical (unpaired) electrons. The third-order valence-electron chi connectivity index (χ3n) is 6.81. The second-order valence-corrected chi connectivity index (χ2v) is 8.07. The van der Waals surface area contributed by atoms with Crippen LogP contribution >= 0.6 is 12.4 Å². The second-order valence-electron chi connectivity index (χ2n) is 8.07. The van der Waals surface area contributed by atoms with Gasteiger partial charge in [0.05, 0.1) is 12.5 Å². The maximum Gasteiger partial charge on any atom is 0.230 e. The van der Waals surface area contributed by atoms with E-state index in [1.165, 1.54) is 24.8 Å². The largest absolute Gasteiger partial charge is 0.497 e. The predicted molar refractivity (Wildman–Crippen MR) is 106 cm³/mol. The van der Waals surface area contributed by atoms with Gasteiger partial charge < -0.3 is 15.0 Å². The van der Waals surface area contributed by atoms with Crippen LogP contribution in [-0.2, 0) is 4.79 Å². The van der Waals surface area contributed by atoms with Crippen molar-refractivity contribution in [3.05, 3.63) is 29.8 Å². The summed E-state index contributed by atoms with van der Waals surface area (Å²) in [5.41, 5.74) is 1.25.